The number of carbonyl (C=O) groups excluding carboxylic acids is 1. The number of fused-ring (bicyclic) bond motifs is 3. The van der Waals surface area contributed by atoms with Crippen LogP contribution < -0.4 is 5.32 Å². The summed E-state index contributed by atoms with van der Waals surface area (Å²) in [5.74, 6) is -1.46. The first kappa shape index (κ1) is 15.3. The van der Waals surface area contributed by atoms with Gasteiger partial charge in [0.15, 0.2) is 17.4 Å². The van der Waals surface area contributed by atoms with Gasteiger partial charge in [-0.1, -0.05) is 6.07 Å². The van der Waals surface area contributed by atoms with Crippen molar-refractivity contribution in [1.29, 1.82) is 0 Å². The maximum Gasteiger partial charge on any atom is 0.287 e. The van der Waals surface area contributed by atoms with Crippen LogP contribution in [0.15, 0.2) is 34.7 Å². The Morgan fingerprint density at radius 1 is 1.17 bits per heavy atom. The monoisotopic (exact) mass is 332 g/mol. The maximum absolute atomic E-state index is 13.8. The van der Waals surface area contributed by atoms with Gasteiger partial charge in [0.05, 0.1) is 5.56 Å². The van der Waals surface area contributed by atoms with Crippen LogP contribution in [0.2, 0.25) is 0 Å². The molecule has 0 saturated carbocycles. The molecule has 1 atom stereocenters. The standard InChI is InChI=1S/C18H18F2N2O2/c19-13-3-1-2-12(17(13)20)15-4-5-16(24-15)18(23)21-14-10-22-8-6-11(14)7-9-22/h1-5,11,14H,6-10H2,(H,21,23). The number of benzene rings is 1. The zero-order chi connectivity index (χ0) is 16.7. The number of nitrogens with one attached hydrogen (secondary N) is 1. The molecule has 0 radical (unpaired) electrons. The van der Waals surface area contributed by atoms with E-state index in [-0.39, 0.29) is 29.0 Å². The van der Waals surface area contributed by atoms with Crippen molar-refractivity contribution < 1.29 is 18.0 Å². The molecular formula is C18H18F2N2O2. The number of amides is 1. The molecular weight excluding hydrogens is 314 g/mol. The van der Waals surface area contributed by atoms with Crippen molar-refractivity contribution in [2.24, 2.45) is 5.92 Å². The van der Waals surface area contributed by atoms with Gasteiger partial charge >= 0.3 is 0 Å². The van der Waals surface area contributed by atoms with E-state index >= 15 is 0 Å². The molecule has 0 spiro atoms. The normalized spacial score (nSPS) is 25.7. The van der Waals surface area contributed by atoms with E-state index in [9.17, 15) is 13.6 Å². The molecule has 4 heterocycles. The molecule has 4 nitrogen and oxygen atoms in total. The Hall–Kier alpha value is -2.21. The van der Waals surface area contributed by atoms with Crippen molar-refractivity contribution in [2.45, 2.75) is 18.9 Å². The van der Waals surface area contributed by atoms with Crippen molar-refractivity contribution in [1.82, 2.24) is 10.2 Å². The molecule has 0 aliphatic carbocycles. The Balaban J connectivity index is 1.50. The van der Waals surface area contributed by atoms with Crippen LogP contribution >= 0.6 is 0 Å². The van der Waals surface area contributed by atoms with Gasteiger partial charge in [0.25, 0.3) is 5.91 Å². The van der Waals surface area contributed by atoms with E-state index in [1.807, 2.05) is 0 Å². The van der Waals surface area contributed by atoms with E-state index in [1.165, 1.54) is 24.3 Å². The molecule has 3 fully saturated rings. The summed E-state index contributed by atoms with van der Waals surface area (Å²) in [5, 5.41) is 3.02. The minimum atomic E-state index is -0.976. The predicted molar refractivity (Wildman–Crippen MR) is 84.5 cm³/mol. The molecule has 3 aliphatic rings. The van der Waals surface area contributed by atoms with Gasteiger partial charge in [-0.05, 0) is 56.1 Å². The van der Waals surface area contributed by atoms with Crippen LogP contribution in [0.3, 0.4) is 0 Å². The van der Waals surface area contributed by atoms with E-state index < -0.39 is 11.6 Å². The Labute approximate surface area is 138 Å². The highest BCUT2D eigenvalue weighted by Gasteiger charge is 2.35. The molecule has 1 unspecified atom stereocenters. The SMILES string of the molecule is O=C(NC1CN2CCC1CC2)c1ccc(-c2cccc(F)c2F)o1. The van der Waals surface area contributed by atoms with E-state index in [4.69, 9.17) is 4.42 Å². The van der Waals surface area contributed by atoms with Crippen molar-refractivity contribution in [3.8, 4) is 11.3 Å². The lowest BCUT2D eigenvalue weighted by molar-refractivity contribution is 0.0606. The second-order valence-corrected chi connectivity index (χ2v) is 6.48. The first-order chi connectivity index (χ1) is 11.6. The summed E-state index contributed by atoms with van der Waals surface area (Å²) in [6, 6.07) is 6.98. The average Bonchev–Trinajstić information content (AvgIpc) is 3.08. The summed E-state index contributed by atoms with van der Waals surface area (Å²) in [6.07, 6.45) is 2.20. The topological polar surface area (TPSA) is 45.5 Å². The molecule has 1 amide bonds. The van der Waals surface area contributed by atoms with Gasteiger partial charge < -0.3 is 14.6 Å². The van der Waals surface area contributed by atoms with Gasteiger partial charge in [-0.3, -0.25) is 4.79 Å². The largest absolute Gasteiger partial charge is 0.451 e. The number of hydrogen-bond donors (Lipinski definition) is 1. The molecule has 1 aromatic carbocycles. The second kappa shape index (κ2) is 6.02. The lowest BCUT2D eigenvalue weighted by Crippen LogP contribution is -2.57. The first-order valence-corrected chi connectivity index (χ1v) is 8.19. The Kier molecular flexibility index (Phi) is 3.84. The molecule has 126 valence electrons. The zero-order valence-electron chi connectivity index (χ0n) is 13.1. The molecule has 24 heavy (non-hydrogen) atoms. The van der Waals surface area contributed by atoms with Gasteiger partial charge in [-0.15, -0.1) is 0 Å². The summed E-state index contributed by atoms with van der Waals surface area (Å²) in [5.41, 5.74) is 0.0110. The molecule has 5 rings (SSSR count). The molecule has 1 aromatic heterocycles. The molecule has 2 aromatic rings. The summed E-state index contributed by atoms with van der Waals surface area (Å²) in [6.45, 7) is 3.06. The first-order valence-electron chi connectivity index (χ1n) is 8.19. The molecule has 3 aliphatic heterocycles. The third-order valence-corrected chi connectivity index (χ3v) is 5.02. The number of furan rings is 1. The highest BCUT2D eigenvalue weighted by atomic mass is 19.2. The fourth-order valence-corrected chi connectivity index (χ4v) is 3.67. The smallest absolute Gasteiger partial charge is 0.287 e. The predicted octanol–water partition coefficient (Wildman–Crippen LogP) is 3.05. The van der Waals surface area contributed by atoms with Crippen LogP contribution in [0.4, 0.5) is 8.78 Å². The van der Waals surface area contributed by atoms with Crippen LogP contribution in [-0.2, 0) is 0 Å². The van der Waals surface area contributed by atoms with Crippen LogP contribution in [0.5, 0.6) is 0 Å². The number of carbonyl (C=O) groups is 1. The minimum absolute atomic E-state index is 0.0110. The fraction of sp³-hybridized carbons (Fsp3) is 0.389. The Morgan fingerprint density at radius 2 is 1.96 bits per heavy atom. The third-order valence-electron chi connectivity index (χ3n) is 5.02. The van der Waals surface area contributed by atoms with Crippen molar-refractivity contribution in [3.63, 3.8) is 0 Å². The van der Waals surface area contributed by atoms with Crippen molar-refractivity contribution >= 4 is 5.91 Å². The van der Waals surface area contributed by atoms with Gasteiger partial charge in [-0.25, -0.2) is 8.78 Å². The highest BCUT2D eigenvalue weighted by molar-refractivity contribution is 5.92. The highest BCUT2D eigenvalue weighted by Crippen LogP contribution is 2.29. The van der Waals surface area contributed by atoms with E-state index in [0.29, 0.717) is 5.92 Å². The zero-order valence-corrected chi connectivity index (χ0v) is 13.1. The molecule has 1 N–H and O–H groups in total. The molecule has 2 bridgehead atoms. The second-order valence-electron chi connectivity index (χ2n) is 6.48. The number of piperidine rings is 3. The minimum Gasteiger partial charge on any atom is -0.451 e. The maximum atomic E-state index is 13.8. The Bertz CT molecular complexity index is 766. The van der Waals surface area contributed by atoms with Crippen molar-refractivity contribution in [2.75, 3.05) is 19.6 Å². The average molecular weight is 332 g/mol. The fourth-order valence-electron chi connectivity index (χ4n) is 3.67. The van der Waals surface area contributed by atoms with Crippen LogP contribution in [0, 0.1) is 17.6 Å². The van der Waals surface area contributed by atoms with Crippen molar-refractivity contribution in [3.05, 3.63) is 47.7 Å². The van der Waals surface area contributed by atoms with E-state index in [0.717, 1.165) is 38.5 Å². The quantitative estimate of drug-likeness (QED) is 0.940. The van der Waals surface area contributed by atoms with Crippen LogP contribution in [-0.4, -0.2) is 36.5 Å². The summed E-state index contributed by atoms with van der Waals surface area (Å²) in [7, 11) is 0. The summed E-state index contributed by atoms with van der Waals surface area (Å²) >= 11 is 0. The van der Waals surface area contributed by atoms with Gasteiger partial charge in [0.1, 0.15) is 5.76 Å². The lowest BCUT2D eigenvalue weighted by atomic mass is 9.84. The number of nitrogens with zero attached hydrogens (tertiary/aromatic N) is 1. The number of halogens is 2. The van der Waals surface area contributed by atoms with E-state index in [1.54, 1.807) is 0 Å². The summed E-state index contributed by atoms with van der Waals surface area (Å²) < 4.78 is 32.6. The summed E-state index contributed by atoms with van der Waals surface area (Å²) in [4.78, 5) is 14.7. The number of hydrogen-bond acceptors (Lipinski definition) is 3. The van der Waals surface area contributed by atoms with Crippen LogP contribution in [0.1, 0.15) is 23.4 Å². The van der Waals surface area contributed by atoms with E-state index in [2.05, 4.69) is 10.2 Å². The Morgan fingerprint density at radius 3 is 2.67 bits per heavy atom. The molecule has 6 heteroatoms. The van der Waals surface area contributed by atoms with Gasteiger partial charge in [0, 0.05) is 12.6 Å². The molecule has 3 saturated heterocycles. The lowest BCUT2D eigenvalue weighted by Gasteiger charge is -2.44. The van der Waals surface area contributed by atoms with Gasteiger partial charge in [0.2, 0.25) is 0 Å². The van der Waals surface area contributed by atoms with Gasteiger partial charge in [-0.2, -0.15) is 0 Å². The number of rotatable bonds is 3. The van der Waals surface area contributed by atoms with Crippen LogP contribution in [0.25, 0.3) is 11.3 Å². The third kappa shape index (κ3) is 2.71.